The molecule has 3 aromatic rings. The van der Waals surface area contributed by atoms with Gasteiger partial charge in [0, 0.05) is 23.6 Å². The molecule has 3 rings (SSSR count). The first-order valence-corrected chi connectivity index (χ1v) is 8.40. The summed E-state index contributed by atoms with van der Waals surface area (Å²) < 4.78 is 18.5. The summed E-state index contributed by atoms with van der Waals surface area (Å²) >= 11 is 0. The van der Waals surface area contributed by atoms with Gasteiger partial charge in [0.2, 0.25) is 5.91 Å². The maximum absolute atomic E-state index is 13.0. The van der Waals surface area contributed by atoms with Gasteiger partial charge in [0.1, 0.15) is 11.6 Å². The van der Waals surface area contributed by atoms with E-state index in [-0.39, 0.29) is 24.1 Å². The molecule has 0 aliphatic heterocycles. The Hall–Kier alpha value is -3.14. The maximum Gasteiger partial charge on any atom is 0.225 e. The molecule has 0 heterocycles. The summed E-state index contributed by atoms with van der Waals surface area (Å²) in [5.41, 5.74) is 2.56. The monoisotopic (exact) mass is 349 g/mol. The van der Waals surface area contributed by atoms with Crippen LogP contribution in [0.5, 0.6) is 5.75 Å². The lowest BCUT2D eigenvalue weighted by atomic mass is 9.87. The third kappa shape index (κ3) is 4.28. The number of ether oxygens (including phenoxy) is 1. The first-order chi connectivity index (χ1) is 12.7. The fraction of sp³-hybridized carbons (Fsp3) is 0.136. The van der Waals surface area contributed by atoms with Gasteiger partial charge in [-0.1, -0.05) is 48.5 Å². The van der Waals surface area contributed by atoms with E-state index in [9.17, 15) is 9.18 Å². The third-order valence-electron chi connectivity index (χ3n) is 4.23. The van der Waals surface area contributed by atoms with Crippen LogP contribution in [0, 0.1) is 5.82 Å². The van der Waals surface area contributed by atoms with Crippen molar-refractivity contribution >= 4 is 11.6 Å². The van der Waals surface area contributed by atoms with E-state index in [1.54, 1.807) is 19.2 Å². The van der Waals surface area contributed by atoms with E-state index in [1.165, 1.54) is 12.1 Å². The molecule has 1 atom stereocenters. The number of halogens is 1. The number of para-hydroxylation sites is 1. The predicted molar refractivity (Wildman–Crippen MR) is 101 cm³/mol. The minimum absolute atomic E-state index is 0.142. The molecular formula is C22H20FNO2. The van der Waals surface area contributed by atoms with Crippen LogP contribution in [0.2, 0.25) is 0 Å². The predicted octanol–water partition coefficient (Wildman–Crippen LogP) is 5.00. The molecule has 132 valence electrons. The Bertz CT molecular complexity index is 863. The van der Waals surface area contributed by atoms with Gasteiger partial charge in [-0.15, -0.1) is 0 Å². The molecule has 0 aromatic heterocycles. The van der Waals surface area contributed by atoms with Crippen LogP contribution in [0.3, 0.4) is 0 Å². The zero-order chi connectivity index (χ0) is 18.4. The molecule has 0 bridgehead atoms. The lowest BCUT2D eigenvalue weighted by molar-refractivity contribution is -0.116. The van der Waals surface area contributed by atoms with E-state index in [2.05, 4.69) is 5.32 Å². The molecule has 0 saturated carbocycles. The van der Waals surface area contributed by atoms with Gasteiger partial charge in [-0.2, -0.15) is 0 Å². The molecule has 0 spiro atoms. The quantitative estimate of drug-likeness (QED) is 0.680. The summed E-state index contributed by atoms with van der Waals surface area (Å²) in [7, 11) is 1.62. The van der Waals surface area contributed by atoms with Crippen molar-refractivity contribution in [3.63, 3.8) is 0 Å². The summed E-state index contributed by atoms with van der Waals surface area (Å²) in [6.45, 7) is 0. The molecule has 1 amide bonds. The van der Waals surface area contributed by atoms with Crippen molar-refractivity contribution < 1.29 is 13.9 Å². The van der Waals surface area contributed by atoms with Crippen LogP contribution in [-0.2, 0) is 4.79 Å². The van der Waals surface area contributed by atoms with Crippen molar-refractivity contribution in [2.45, 2.75) is 12.3 Å². The average molecular weight is 349 g/mol. The summed E-state index contributed by atoms with van der Waals surface area (Å²) in [6.07, 6.45) is 0.252. The smallest absolute Gasteiger partial charge is 0.225 e. The molecule has 1 N–H and O–H groups in total. The van der Waals surface area contributed by atoms with Gasteiger partial charge < -0.3 is 10.1 Å². The third-order valence-corrected chi connectivity index (χ3v) is 4.23. The van der Waals surface area contributed by atoms with Gasteiger partial charge in [-0.3, -0.25) is 4.79 Å². The van der Waals surface area contributed by atoms with Crippen LogP contribution < -0.4 is 10.1 Å². The maximum atomic E-state index is 13.0. The minimum atomic E-state index is -0.334. The summed E-state index contributed by atoms with van der Waals surface area (Å²) in [5.74, 6) is 0.124. The topological polar surface area (TPSA) is 38.3 Å². The Labute approximate surface area is 152 Å². The van der Waals surface area contributed by atoms with Crippen molar-refractivity contribution in [3.8, 4) is 5.75 Å². The number of amides is 1. The summed E-state index contributed by atoms with van der Waals surface area (Å²) in [4.78, 5) is 12.6. The summed E-state index contributed by atoms with van der Waals surface area (Å²) in [5, 5.41) is 2.83. The number of benzene rings is 3. The first-order valence-electron chi connectivity index (χ1n) is 8.40. The number of carbonyl (C=O) groups is 1. The lowest BCUT2D eigenvalue weighted by Crippen LogP contribution is -2.17. The van der Waals surface area contributed by atoms with Gasteiger partial charge in [0.15, 0.2) is 0 Å². The van der Waals surface area contributed by atoms with Crippen LogP contribution in [0.25, 0.3) is 0 Å². The minimum Gasteiger partial charge on any atom is -0.496 e. The largest absolute Gasteiger partial charge is 0.496 e. The van der Waals surface area contributed by atoms with Crippen molar-refractivity contribution in [1.82, 2.24) is 0 Å². The number of nitrogens with one attached hydrogen (secondary N) is 1. The van der Waals surface area contributed by atoms with Crippen molar-refractivity contribution in [1.29, 1.82) is 0 Å². The molecular weight excluding hydrogens is 329 g/mol. The van der Waals surface area contributed by atoms with Crippen LogP contribution in [-0.4, -0.2) is 13.0 Å². The molecule has 1 unspecified atom stereocenters. The number of carbonyl (C=O) groups excluding carboxylic acids is 1. The molecule has 0 saturated heterocycles. The van der Waals surface area contributed by atoms with Crippen LogP contribution >= 0.6 is 0 Å². The summed E-state index contributed by atoms with van der Waals surface area (Å²) in [6, 6.07) is 23.3. The van der Waals surface area contributed by atoms with E-state index in [1.807, 2.05) is 54.6 Å². The Morgan fingerprint density at radius 3 is 2.31 bits per heavy atom. The Morgan fingerprint density at radius 2 is 1.62 bits per heavy atom. The molecule has 0 aliphatic carbocycles. The fourth-order valence-corrected chi connectivity index (χ4v) is 2.98. The molecule has 0 aliphatic rings. The molecule has 0 fully saturated rings. The Morgan fingerprint density at radius 1 is 0.962 bits per heavy atom. The fourth-order valence-electron chi connectivity index (χ4n) is 2.98. The van der Waals surface area contributed by atoms with Crippen molar-refractivity contribution in [2.75, 3.05) is 12.4 Å². The van der Waals surface area contributed by atoms with E-state index in [4.69, 9.17) is 4.74 Å². The van der Waals surface area contributed by atoms with Crippen LogP contribution in [0.4, 0.5) is 10.1 Å². The van der Waals surface area contributed by atoms with Crippen molar-refractivity contribution in [3.05, 3.63) is 95.8 Å². The highest BCUT2D eigenvalue weighted by molar-refractivity contribution is 5.91. The molecule has 0 radical (unpaired) electrons. The van der Waals surface area contributed by atoms with E-state index >= 15 is 0 Å². The highest BCUT2D eigenvalue weighted by Gasteiger charge is 2.21. The Balaban J connectivity index is 1.86. The second kappa shape index (κ2) is 8.30. The highest BCUT2D eigenvalue weighted by atomic mass is 19.1. The Kier molecular flexibility index (Phi) is 5.64. The van der Waals surface area contributed by atoms with Gasteiger partial charge in [-0.25, -0.2) is 4.39 Å². The van der Waals surface area contributed by atoms with Gasteiger partial charge in [0.25, 0.3) is 0 Å². The highest BCUT2D eigenvalue weighted by Crippen LogP contribution is 2.34. The van der Waals surface area contributed by atoms with Crippen LogP contribution in [0.1, 0.15) is 23.5 Å². The zero-order valence-corrected chi connectivity index (χ0v) is 14.5. The van der Waals surface area contributed by atoms with E-state index in [0.717, 1.165) is 16.9 Å². The van der Waals surface area contributed by atoms with Gasteiger partial charge in [-0.05, 0) is 35.9 Å². The van der Waals surface area contributed by atoms with Gasteiger partial charge in [0.05, 0.1) is 7.11 Å². The number of rotatable bonds is 6. The average Bonchev–Trinajstić information content (AvgIpc) is 2.68. The lowest BCUT2D eigenvalue weighted by Gasteiger charge is -2.20. The van der Waals surface area contributed by atoms with E-state index in [0.29, 0.717) is 5.69 Å². The van der Waals surface area contributed by atoms with E-state index < -0.39 is 0 Å². The molecule has 26 heavy (non-hydrogen) atoms. The van der Waals surface area contributed by atoms with Crippen LogP contribution in [0.15, 0.2) is 78.9 Å². The standard InChI is InChI=1S/C22H20FNO2/c1-26-21-10-6-5-9-19(21)20(16-7-3-2-4-8-16)15-22(25)24-18-13-11-17(23)12-14-18/h2-14,20H,15H2,1H3,(H,24,25). The number of hydrogen-bond acceptors (Lipinski definition) is 2. The normalized spacial score (nSPS) is 11.6. The SMILES string of the molecule is COc1ccccc1C(CC(=O)Nc1ccc(F)cc1)c1ccccc1. The van der Waals surface area contributed by atoms with Gasteiger partial charge >= 0.3 is 0 Å². The number of hydrogen-bond donors (Lipinski definition) is 1. The molecule has 3 aromatic carbocycles. The van der Waals surface area contributed by atoms with Crippen molar-refractivity contribution in [2.24, 2.45) is 0 Å². The molecule has 3 nitrogen and oxygen atoms in total. The second-order valence-corrected chi connectivity index (χ2v) is 5.96. The zero-order valence-electron chi connectivity index (χ0n) is 14.5. The second-order valence-electron chi connectivity index (χ2n) is 5.96. The number of anilines is 1. The first kappa shape index (κ1) is 17.7. The molecule has 4 heteroatoms. The number of methoxy groups -OCH3 is 1.